The van der Waals surface area contributed by atoms with Gasteiger partial charge in [-0.15, -0.1) is 5.10 Å². The van der Waals surface area contributed by atoms with Gasteiger partial charge in [-0.25, -0.2) is 0 Å². The summed E-state index contributed by atoms with van der Waals surface area (Å²) in [5.41, 5.74) is 0. The summed E-state index contributed by atoms with van der Waals surface area (Å²) in [5.74, 6) is 0. The van der Waals surface area contributed by atoms with Gasteiger partial charge in [-0.05, 0) is 36.8 Å². The summed E-state index contributed by atoms with van der Waals surface area (Å²) < 4.78 is 5.78. The molecule has 4 heteroatoms. The number of aromatic nitrogens is 2. The Hall–Kier alpha value is 0.150. The highest BCUT2D eigenvalue weighted by Gasteiger charge is 1.95. The van der Waals surface area contributed by atoms with Crippen LogP contribution in [0, 0.1) is 0 Å². The van der Waals surface area contributed by atoms with Crippen LogP contribution in [0.4, 0.5) is 0 Å². The lowest BCUT2D eigenvalue weighted by Gasteiger charge is -1.93. The molecule has 0 amide bonds. The van der Waals surface area contributed by atoms with Crippen LogP contribution in [-0.2, 0) is 0 Å². The molecular weight excluding hydrogens is 366 g/mol. The number of hydrogen-bond donors (Lipinski definition) is 0. The van der Waals surface area contributed by atoms with Gasteiger partial charge in [0.15, 0.2) is 0 Å². The summed E-state index contributed by atoms with van der Waals surface area (Å²) in [5, 5.41) is 10.2. The third kappa shape index (κ3) is 1.51. The molecule has 2 nitrogen and oxygen atoms in total. The Balaban J connectivity index is 2.97. The predicted molar refractivity (Wildman–Crippen MR) is 63.3 cm³/mol. The van der Waals surface area contributed by atoms with E-state index >= 15 is 0 Å². The van der Waals surface area contributed by atoms with E-state index in [9.17, 15) is 0 Å². The fourth-order valence-electron chi connectivity index (χ4n) is 0.821. The second-order valence-electron chi connectivity index (χ2n) is 2.03. The molecule has 0 spiro atoms. The minimum atomic E-state index is 0.123. The summed E-state index contributed by atoms with van der Waals surface area (Å²) >= 11 is 2.44. The zero-order chi connectivity index (χ0) is 7.68. The molecule has 2 heterocycles. The summed E-state index contributed by atoms with van der Waals surface area (Å²) in [6, 6.07) is 2.02. The van der Waals surface area contributed by atoms with Crippen molar-refractivity contribution < 1.29 is 0 Å². The van der Waals surface area contributed by atoms with E-state index < -0.39 is 0 Å². The van der Waals surface area contributed by atoms with E-state index in [4.69, 9.17) is 0 Å². The highest BCUT2D eigenvalue weighted by molar-refractivity contribution is 14.2. The lowest BCUT2D eigenvalue weighted by atomic mass is 10.4. The lowest BCUT2D eigenvalue weighted by Crippen LogP contribution is -2.30. The van der Waals surface area contributed by atoms with Crippen LogP contribution in [0.3, 0.4) is 0 Å². The first kappa shape index (κ1) is 7.78. The zero-order valence-corrected chi connectivity index (χ0v) is 9.77. The molecule has 11 heavy (non-hydrogen) atoms. The second kappa shape index (κ2) is 3.26. The minimum Gasteiger partial charge on any atom is -0.158 e. The van der Waals surface area contributed by atoms with Gasteiger partial charge < -0.3 is 0 Å². The van der Waals surface area contributed by atoms with Crippen LogP contribution in [-0.4, -0.2) is 14.2 Å². The molecule has 0 saturated heterocycles. The first-order valence-electron chi connectivity index (χ1n) is 3.01. The van der Waals surface area contributed by atoms with Crippen LogP contribution < -0.4 is 10.6 Å². The van der Waals surface area contributed by atoms with Gasteiger partial charge >= 0.3 is 0 Å². The van der Waals surface area contributed by atoms with Crippen molar-refractivity contribution in [2.24, 2.45) is 0 Å². The number of rotatable bonds is 0. The lowest BCUT2D eigenvalue weighted by molar-refractivity contribution is 0.983. The Morgan fingerprint density at radius 1 is 1.45 bits per heavy atom. The van der Waals surface area contributed by atoms with E-state index in [-0.39, 0.29) is 20.7 Å². The van der Waals surface area contributed by atoms with Crippen LogP contribution in [0.15, 0.2) is 12.3 Å². The summed E-state index contributed by atoms with van der Waals surface area (Å²) in [6.07, 6.45) is 1.74. The van der Waals surface area contributed by atoms with Crippen LogP contribution >= 0.6 is 43.3 Å². The topological polar surface area (TPSA) is 25.8 Å². The van der Waals surface area contributed by atoms with Crippen LogP contribution in [0.2, 0.25) is 0 Å². The van der Waals surface area contributed by atoms with E-state index in [1.54, 1.807) is 6.20 Å². The van der Waals surface area contributed by atoms with Crippen molar-refractivity contribution in [2.45, 2.75) is 0 Å². The molecule has 0 aliphatic carbocycles. The van der Waals surface area contributed by atoms with Crippen LogP contribution in [0.25, 0.3) is 7.66 Å². The van der Waals surface area contributed by atoms with Gasteiger partial charge in [0.25, 0.3) is 0 Å². The normalized spacial score (nSPS) is 14.8. The van der Waals surface area contributed by atoms with Crippen molar-refractivity contribution in [2.75, 3.05) is 0 Å². The number of nitrogens with zero attached hydrogens (tertiary/aromatic N) is 2. The summed E-state index contributed by atoms with van der Waals surface area (Å²) in [6.45, 7) is 0. The van der Waals surface area contributed by atoms with Crippen molar-refractivity contribution in [3.8, 4) is 0 Å². The third-order valence-corrected chi connectivity index (χ3v) is 5.34. The average molecular weight is 370 g/mol. The van der Waals surface area contributed by atoms with Gasteiger partial charge in [0.05, 0.1) is 6.20 Å². The molecule has 0 bridgehead atoms. The van der Waals surface area contributed by atoms with Crippen LogP contribution in [0.5, 0.6) is 0 Å². The molecule has 0 radical (unpaired) electrons. The molecule has 1 aliphatic rings. The summed E-state index contributed by atoms with van der Waals surface area (Å²) in [7, 11) is 0. The molecule has 0 atom stereocenters. The molecule has 1 aromatic rings. The largest absolute Gasteiger partial charge is 0.158 e. The molecule has 0 N–H and O–H groups in total. The molecule has 1 aliphatic heterocycles. The van der Waals surface area contributed by atoms with Gasteiger partial charge in [-0.2, -0.15) is 5.10 Å². The average Bonchev–Trinajstić information content (AvgIpc) is 2.06. The zero-order valence-electron chi connectivity index (χ0n) is 5.46. The first-order valence-corrected chi connectivity index (χ1v) is 6.58. The van der Waals surface area contributed by atoms with Crippen molar-refractivity contribution >= 4 is 55.0 Å². The highest BCUT2D eigenvalue weighted by Crippen LogP contribution is 2.09. The Morgan fingerprint density at radius 3 is 3.18 bits per heavy atom. The van der Waals surface area contributed by atoms with Crippen LogP contribution in [0.1, 0.15) is 0 Å². The quantitative estimate of drug-likeness (QED) is 0.624. The Labute approximate surface area is 87.3 Å². The Bertz CT molecular complexity index is 422. The van der Waals surface area contributed by atoms with Crippen molar-refractivity contribution in [1.82, 2.24) is 10.2 Å². The molecule has 0 aromatic carbocycles. The minimum absolute atomic E-state index is 0.123. The molecule has 1 aromatic heterocycles. The van der Waals surface area contributed by atoms with E-state index in [2.05, 4.69) is 40.9 Å². The number of fused-ring (bicyclic) bond motifs is 1. The van der Waals surface area contributed by atoms with Crippen molar-refractivity contribution in [3.63, 3.8) is 0 Å². The molecule has 0 saturated carbocycles. The van der Waals surface area contributed by atoms with Gasteiger partial charge in [-0.1, -0.05) is 20.7 Å². The molecule has 0 unspecified atom stereocenters. The summed E-state index contributed by atoms with van der Waals surface area (Å²) in [4.78, 5) is 0. The third-order valence-electron chi connectivity index (χ3n) is 1.32. The highest BCUT2D eigenvalue weighted by atomic mass is 127. The standard InChI is InChI=1S/C7H4I2N2/c8-6-4-9-3-5-1-2-10-11-7(5)6/h1-4H. The monoisotopic (exact) mass is 370 g/mol. The van der Waals surface area contributed by atoms with E-state index in [0.29, 0.717) is 0 Å². The maximum atomic E-state index is 4.06. The van der Waals surface area contributed by atoms with E-state index in [1.165, 1.54) is 8.80 Å². The van der Waals surface area contributed by atoms with Crippen molar-refractivity contribution in [3.05, 3.63) is 22.8 Å². The Kier molecular flexibility index (Phi) is 2.30. The Morgan fingerprint density at radius 2 is 2.36 bits per heavy atom. The fourth-order valence-corrected chi connectivity index (χ4v) is 3.83. The van der Waals surface area contributed by atoms with E-state index in [0.717, 1.165) is 5.35 Å². The molecular formula is C7H4I2N2. The SMILES string of the molecule is IC1=c2nnccc2=CI=C1. The molecule has 2 rings (SSSR count). The van der Waals surface area contributed by atoms with Gasteiger partial charge in [-0.3, -0.25) is 0 Å². The van der Waals surface area contributed by atoms with E-state index in [1.807, 2.05) is 6.07 Å². The first-order chi connectivity index (χ1) is 5.38. The smallest absolute Gasteiger partial charge is 0.107 e. The maximum absolute atomic E-state index is 4.06. The number of hydrogen-bond acceptors (Lipinski definition) is 2. The molecule has 0 fully saturated rings. The fraction of sp³-hybridized carbons (Fsp3) is 0. The van der Waals surface area contributed by atoms with Crippen molar-refractivity contribution in [1.29, 1.82) is 0 Å². The van der Waals surface area contributed by atoms with Gasteiger partial charge in [0.1, 0.15) is 5.35 Å². The van der Waals surface area contributed by atoms with Gasteiger partial charge in [0.2, 0.25) is 0 Å². The molecule has 56 valence electrons. The predicted octanol–water partition coefficient (Wildman–Crippen LogP) is 0.544. The second-order valence-corrected chi connectivity index (χ2v) is 5.15. The maximum Gasteiger partial charge on any atom is 0.107 e. The van der Waals surface area contributed by atoms with Gasteiger partial charge in [0, 0.05) is 8.80 Å². The number of halogens is 2.